The molecule has 6 N–H and O–H groups in total. The number of hydrogen-bond donors (Lipinski definition) is 5. The fraction of sp³-hybridized carbons (Fsp3) is 0.364. The second-order valence-electron chi connectivity index (χ2n) is 4.99. The Kier molecular flexibility index (Phi) is 3.82. The molecule has 3 atom stereocenters. The summed E-state index contributed by atoms with van der Waals surface area (Å²) in [7, 11) is -4.49. The summed E-state index contributed by atoms with van der Waals surface area (Å²) in [4.78, 5) is 40.4. The molecule has 3 heterocycles. The number of ether oxygens (including phenoxy) is 1. The summed E-state index contributed by atoms with van der Waals surface area (Å²) in [6.45, 7) is -0.496. The minimum Gasteiger partial charge on any atom is -0.394 e. The third-order valence-electron chi connectivity index (χ3n) is 3.45. The molecule has 1 aliphatic heterocycles. The molecule has 23 heavy (non-hydrogen) atoms. The summed E-state index contributed by atoms with van der Waals surface area (Å²) in [6, 6.07) is -0.651. The number of fused-ring (bicyclic) bond motifs is 1. The molecule has 12 heteroatoms. The third-order valence-corrected chi connectivity index (χ3v) is 4.41. The van der Waals surface area contributed by atoms with Crippen molar-refractivity contribution in [3.05, 3.63) is 28.8 Å². The quantitative estimate of drug-likeness (QED) is 0.334. The lowest BCUT2D eigenvalue weighted by atomic mass is 10.1. The Morgan fingerprint density at radius 2 is 2.17 bits per heavy atom. The van der Waals surface area contributed by atoms with Gasteiger partial charge in [0.05, 0.1) is 19.0 Å². The average Bonchev–Trinajstić information content (AvgIpc) is 2.89. The zero-order chi connectivity index (χ0) is 16.8. The molecule has 0 aliphatic carbocycles. The SMILES string of the molecule is Nc1nc2c(ncn2[C@@H]2C=C[C@H](P(=O)(O)O)O[C@@H]2CO)c(=O)[nH]1. The van der Waals surface area contributed by atoms with Crippen LogP contribution in [-0.2, 0) is 9.30 Å². The van der Waals surface area contributed by atoms with Crippen molar-refractivity contribution >= 4 is 24.7 Å². The monoisotopic (exact) mass is 343 g/mol. The Morgan fingerprint density at radius 3 is 2.83 bits per heavy atom. The van der Waals surface area contributed by atoms with Crippen LogP contribution in [0.15, 0.2) is 23.3 Å². The molecule has 0 saturated carbocycles. The predicted octanol–water partition coefficient (Wildman–Crippen LogP) is -1.31. The number of hydrogen-bond acceptors (Lipinski definition) is 7. The summed E-state index contributed by atoms with van der Waals surface area (Å²) in [5.74, 6) is -1.54. The summed E-state index contributed by atoms with van der Waals surface area (Å²) in [5.41, 5.74) is 5.24. The molecule has 124 valence electrons. The number of aliphatic hydroxyl groups excluding tert-OH is 1. The van der Waals surface area contributed by atoms with Gasteiger partial charge in [-0.2, -0.15) is 4.98 Å². The van der Waals surface area contributed by atoms with Crippen LogP contribution in [-0.4, -0.2) is 53.0 Å². The highest BCUT2D eigenvalue weighted by Crippen LogP contribution is 2.46. The van der Waals surface area contributed by atoms with Gasteiger partial charge >= 0.3 is 7.60 Å². The lowest BCUT2D eigenvalue weighted by molar-refractivity contribution is -0.0251. The maximum Gasteiger partial charge on any atom is 0.357 e. The number of aliphatic hydroxyl groups is 1. The molecule has 11 nitrogen and oxygen atoms in total. The summed E-state index contributed by atoms with van der Waals surface area (Å²) in [5, 5.41) is 9.47. The molecule has 1 aliphatic rings. The van der Waals surface area contributed by atoms with Gasteiger partial charge in [0.15, 0.2) is 17.0 Å². The normalized spacial score (nSPS) is 25.1. The van der Waals surface area contributed by atoms with Gasteiger partial charge in [-0.05, 0) is 6.08 Å². The molecule has 0 amide bonds. The van der Waals surface area contributed by atoms with Gasteiger partial charge in [0, 0.05) is 0 Å². The number of nitrogen functional groups attached to an aromatic ring is 1. The number of aromatic nitrogens is 4. The molecular weight excluding hydrogens is 329 g/mol. The van der Waals surface area contributed by atoms with Crippen LogP contribution in [0.2, 0.25) is 0 Å². The Labute approximate surface area is 128 Å². The van der Waals surface area contributed by atoms with Gasteiger partial charge < -0.3 is 29.9 Å². The van der Waals surface area contributed by atoms with Crippen LogP contribution >= 0.6 is 7.60 Å². The smallest absolute Gasteiger partial charge is 0.357 e. The van der Waals surface area contributed by atoms with Crippen molar-refractivity contribution in [2.75, 3.05) is 12.3 Å². The first kappa shape index (κ1) is 15.8. The first-order valence-electron chi connectivity index (χ1n) is 6.53. The van der Waals surface area contributed by atoms with E-state index in [4.69, 9.17) is 10.5 Å². The van der Waals surface area contributed by atoms with Gasteiger partial charge in [-0.1, -0.05) is 6.08 Å². The minimum atomic E-state index is -4.49. The van der Waals surface area contributed by atoms with Gasteiger partial charge in [0.1, 0.15) is 6.10 Å². The van der Waals surface area contributed by atoms with E-state index in [9.17, 15) is 24.3 Å². The third kappa shape index (κ3) is 2.80. The lowest BCUT2D eigenvalue weighted by Gasteiger charge is -2.32. The molecule has 0 bridgehead atoms. The Hall–Kier alpha value is -2.04. The number of nitrogens with zero attached hydrogens (tertiary/aromatic N) is 3. The molecule has 2 aromatic heterocycles. The number of H-pyrrole nitrogens is 1. The maximum absolute atomic E-state index is 11.8. The summed E-state index contributed by atoms with van der Waals surface area (Å²) < 4.78 is 18.0. The van der Waals surface area contributed by atoms with E-state index < -0.39 is 37.8 Å². The molecule has 0 radical (unpaired) electrons. The van der Waals surface area contributed by atoms with Crippen LogP contribution in [0.5, 0.6) is 0 Å². The van der Waals surface area contributed by atoms with Crippen molar-refractivity contribution in [1.82, 2.24) is 19.5 Å². The minimum absolute atomic E-state index is 0.0569. The van der Waals surface area contributed by atoms with Crippen molar-refractivity contribution in [3.63, 3.8) is 0 Å². The first-order chi connectivity index (χ1) is 10.8. The van der Waals surface area contributed by atoms with Crippen molar-refractivity contribution in [2.24, 2.45) is 0 Å². The van der Waals surface area contributed by atoms with E-state index in [2.05, 4.69) is 15.0 Å². The number of aromatic amines is 1. The Morgan fingerprint density at radius 1 is 1.43 bits per heavy atom. The number of rotatable bonds is 3. The van der Waals surface area contributed by atoms with Crippen LogP contribution < -0.4 is 11.3 Å². The molecule has 0 fully saturated rings. The van der Waals surface area contributed by atoms with E-state index in [1.807, 2.05) is 0 Å². The number of anilines is 1. The summed E-state index contributed by atoms with van der Waals surface area (Å²) in [6.07, 6.45) is 3.05. The molecule has 2 aromatic rings. The maximum atomic E-state index is 11.8. The van der Waals surface area contributed by atoms with Crippen LogP contribution in [0.1, 0.15) is 6.04 Å². The standard InChI is InChI=1S/C11H14N5O6P/c12-11-14-9-8(10(18)15-11)13-4-16(9)5-1-2-7(23(19,20)21)22-6(5)3-17/h1-2,4-7,17H,3H2,(H2,19,20,21)(H3,12,14,15,18)/t5-,6-,7+/m1/s1. The van der Waals surface area contributed by atoms with Crippen molar-refractivity contribution in [2.45, 2.75) is 18.0 Å². The molecule has 3 rings (SSSR count). The van der Waals surface area contributed by atoms with E-state index in [0.717, 1.165) is 0 Å². The van der Waals surface area contributed by atoms with E-state index >= 15 is 0 Å². The van der Waals surface area contributed by atoms with Crippen molar-refractivity contribution in [1.29, 1.82) is 0 Å². The van der Waals surface area contributed by atoms with E-state index in [-0.39, 0.29) is 17.1 Å². The van der Waals surface area contributed by atoms with E-state index in [1.165, 1.54) is 23.0 Å². The predicted molar refractivity (Wildman–Crippen MR) is 78.5 cm³/mol. The fourth-order valence-electron chi connectivity index (χ4n) is 2.41. The van der Waals surface area contributed by atoms with Crippen molar-refractivity contribution in [3.8, 4) is 0 Å². The van der Waals surface area contributed by atoms with Crippen LogP contribution in [0.4, 0.5) is 5.95 Å². The van der Waals surface area contributed by atoms with Gasteiger partial charge in [-0.3, -0.25) is 14.3 Å². The molecule has 0 saturated heterocycles. The van der Waals surface area contributed by atoms with Gasteiger partial charge in [0.25, 0.3) is 5.56 Å². The second kappa shape index (κ2) is 5.55. The number of imidazole rings is 1. The average molecular weight is 343 g/mol. The second-order valence-corrected chi connectivity index (χ2v) is 6.67. The highest BCUT2D eigenvalue weighted by molar-refractivity contribution is 7.52. The van der Waals surface area contributed by atoms with Gasteiger partial charge in [0.2, 0.25) is 5.95 Å². The zero-order valence-corrected chi connectivity index (χ0v) is 12.5. The van der Waals surface area contributed by atoms with Crippen molar-refractivity contribution < 1.29 is 24.2 Å². The van der Waals surface area contributed by atoms with Crippen LogP contribution in [0.25, 0.3) is 11.2 Å². The van der Waals surface area contributed by atoms with E-state index in [1.54, 1.807) is 0 Å². The molecule has 0 aromatic carbocycles. The Bertz CT molecular complexity index is 869. The highest BCUT2D eigenvalue weighted by Gasteiger charge is 2.37. The lowest BCUT2D eigenvalue weighted by Crippen LogP contribution is -2.35. The number of nitrogens with one attached hydrogen (secondary N) is 1. The van der Waals surface area contributed by atoms with E-state index in [0.29, 0.717) is 0 Å². The van der Waals surface area contributed by atoms with Crippen LogP contribution in [0, 0.1) is 0 Å². The van der Waals surface area contributed by atoms with Gasteiger partial charge in [-0.15, -0.1) is 0 Å². The molecular formula is C11H14N5O6P. The fourth-order valence-corrected chi connectivity index (χ4v) is 3.05. The highest BCUT2D eigenvalue weighted by atomic mass is 31.2. The largest absolute Gasteiger partial charge is 0.394 e. The zero-order valence-electron chi connectivity index (χ0n) is 11.6. The van der Waals surface area contributed by atoms with Gasteiger partial charge in [-0.25, -0.2) is 4.98 Å². The molecule has 0 spiro atoms. The summed E-state index contributed by atoms with van der Waals surface area (Å²) >= 11 is 0. The first-order valence-corrected chi connectivity index (χ1v) is 8.21. The number of nitrogens with two attached hydrogens (primary N) is 1. The van der Waals surface area contributed by atoms with Crippen LogP contribution in [0.3, 0.4) is 0 Å². The Balaban J connectivity index is 2.08. The molecule has 0 unspecified atom stereocenters. The topological polar surface area (TPSA) is 177 Å².